The summed E-state index contributed by atoms with van der Waals surface area (Å²) in [5.74, 6) is -1.82. The normalized spacial score (nSPS) is 12.2. The lowest BCUT2D eigenvalue weighted by Gasteiger charge is -2.29. The van der Waals surface area contributed by atoms with Gasteiger partial charge in [0.15, 0.2) is 5.78 Å². The summed E-state index contributed by atoms with van der Waals surface area (Å²) in [6, 6.07) is 0. The summed E-state index contributed by atoms with van der Waals surface area (Å²) < 4.78 is 0. The lowest BCUT2D eigenvalue weighted by molar-refractivity contribution is -0.141. The van der Waals surface area contributed by atoms with Crippen molar-refractivity contribution in [1.29, 1.82) is 0 Å². The molecule has 0 unspecified atom stereocenters. The van der Waals surface area contributed by atoms with Crippen LogP contribution >= 0.6 is 0 Å². The van der Waals surface area contributed by atoms with Gasteiger partial charge in [-0.25, -0.2) is 0 Å². The SMILES string of the molecule is CN(C)CCN(CCN(CCC(=O)O)CC(=O)O)CC(=O)C(C)(C)C. The van der Waals surface area contributed by atoms with E-state index in [-0.39, 0.29) is 25.3 Å². The van der Waals surface area contributed by atoms with Crippen LogP contribution < -0.4 is 0 Å². The molecular weight excluding hydrogens is 326 g/mol. The molecule has 8 heteroatoms. The summed E-state index contributed by atoms with van der Waals surface area (Å²) in [5, 5.41) is 17.8. The van der Waals surface area contributed by atoms with Crippen molar-refractivity contribution in [2.24, 2.45) is 5.41 Å². The summed E-state index contributed by atoms with van der Waals surface area (Å²) in [7, 11) is 3.90. The molecule has 0 aliphatic rings. The molecule has 0 aromatic heterocycles. The van der Waals surface area contributed by atoms with Crippen LogP contribution in [-0.4, -0.2) is 103 Å². The molecule has 25 heavy (non-hydrogen) atoms. The maximum absolute atomic E-state index is 12.3. The van der Waals surface area contributed by atoms with Gasteiger partial charge in [-0.05, 0) is 14.1 Å². The fourth-order valence-corrected chi connectivity index (χ4v) is 2.05. The van der Waals surface area contributed by atoms with Gasteiger partial charge in [0.25, 0.3) is 0 Å². The highest BCUT2D eigenvalue weighted by Crippen LogP contribution is 2.15. The van der Waals surface area contributed by atoms with E-state index in [1.54, 1.807) is 4.90 Å². The first-order chi connectivity index (χ1) is 11.4. The van der Waals surface area contributed by atoms with Crippen LogP contribution in [0.2, 0.25) is 0 Å². The van der Waals surface area contributed by atoms with E-state index in [0.717, 1.165) is 6.54 Å². The number of carbonyl (C=O) groups is 3. The van der Waals surface area contributed by atoms with E-state index in [0.29, 0.717) is 26.2 Å². The largest absolute Gasteiger partial charge is 0.481 e. The average Bonchev–Trinajstić information content (AvgIpc) is 2.45. The van der Waals surface area contributed by atoms with Crippen molar-refractivity contribution >= 4 is 17.7 Å². The predicted octanol–water partition coefficient (Wildman–Crippen LogP) is 0.327. The Bertz CT molecular complexity index is 446. The minimum absolute atomic E-state index is 0.105. The molecule has 0 bridgehead atoms. The van der Waals surface area contributed by atoms with Crippen molar-refractivity contribution in [2.45, 2.75) is 27.2 Å². The second-order valence-corrected chi connectivity index (χ2v) is 7.57. The molecule has 0 rings (SSSR count). The number of carbonyl (C=O) groups excluding carboxylic acids is 1. The number of rotatable bonds is 13. The van der Waals surface area contributed by atoms with Gasteiger partial charge in [0, 0.05) is 38.1 Å². The molecule has 2 N–H and O–H groups in total. The highest BCUT2D eigenvalue weighted by Gasteiger charge is 2.24. The number of ketones is 1. The van der Waals surface area contributed by atoms with Crippen LogP contribution in [0.3, 0.4) is 0 Å². The molecule has 0 aliphatic heterocycles. The third-order valence-corrected chi connectivity index (χ3v) is 3.80. The van der Waals surface area contributed by atoms with Gasteiger partial charge < -0.3 is 15.1 Å². The first-order valence-corrected chi connectivity index (χ1v) is 8.48. The highest BCUT2D eigenvalue weighted by atomic mass is 16.4. The summed E-state index contributed by atoms with van der Waals surface area (Å²) in [6.07, 6.45) is -0.105. The van der Waals surface area contributed by atoms with E-state index in [1.165, 1.54) is 0 Å². The zero-order valence-corrected chi connectivity index (χ0v) is 16.1. The second kappa shape index (κ2) is 11.2. The lowest BCUT2D eigenvalue weighted by Crippen LogP contribution is -2.44. The second-order valence-electron chi connectivity index (χ2n) is 7.57. The van der Waals surface area contributed by atoms with Gasteiger partial charge >= 0.3 is 11.9 Å². The van der Waals surface area contributed by atoms with Crippen LogP contribution in [0.5, 0.6) is 0 Å². The molecule has 0 aliphatic carbocycles. The Labute approximate surface area is 150 Å². The lowest BCUT2D eigenvalue weighted by atomic mass is 9.90. The monoisotopic (exact) mass is 359 g/mol. The zero-order valence-electron chi connectivity index (χ0n) is 16.1. The molecule has 146 valence electrons. The molecule has 0 radical (unpaired) electrons. The fourth-order valence-electron chi connectivity index (χ4n) is 2.05. The van der Waals surface area contributed by atoms with Gasteiger partial charge in [-0.2, -0.15) is 0 Å². The van der Waals surface area contributed by atoms with Crippen LogP contribution in [0.1, 0.15) is 27.2 Å². The summed E-state index contributed by atoms with van der Waals surface area (Å²) in [4.78, 5) is 39.6. The number of nitrogens with zero attached hydrogens (tertiary/aromatic N) is 3. The van der Waals surface area contributed by atoms with E-state index in [2.05, 4.69) is 0 Å². The van der Waals surface area contributed by atoms with E-state index < -0.39 is 17.4 Å². The van der Waals surface area contributed by atoms with Crippen LogP contribution in [0.15, 0.2) is 0 Å². The first kappa shape index (κ1) is 23.5. The molecule has 0 saturated carbocycles. The molecule has 0 amide bonds. The number of hydrogen-bond donors (Lipinski definition) is 2. The molecular formula is C17H33N3O5. The standard InChI is InChI=1S/C17H33N3O5/c1-17(2,3)14(21)12-20(9-8-18(4)5)11-10-19(13-16(24)25)7-6-15(22)23/h6-13H2,1-5H3,(H,22,23)(H,24,25). The highest BCUT2D eigenvalue weighted by molar-refractivity contribution is 5.85. The van der Waals surface area contributed by atoms with Crippen molar-refractivity contribution in [3.63, 3.8) is 0 Å². The van der Waals surface area contributed by atoms with Gasteiger partial charge in [-0.15, -0.1) is 0 Å². The van der Waals surface area contributed by atoms with Crippen LogP contribution in [0.4, 0.5) is 0 Å². The Morgan fingerprint density at radius 1 is 0.760 bits per heavy atom. The number of hydrogen-bond acceptors (Lipinski definition) is 6. The number of Topliss-reactive ketones (excluding diaryl/α,β-unsaturated/α-hetero) is 1. The number of carboxylic acid groups (broad SMARTS) is 2. The van der Waals surface area contributed by atoms with Gasteiger partial charge in [-0.3, -0.25) is 24.2 Å². The van der Waals surface area contributed by atoms with Crippen molar-refractivity contribution in [1.82, 2.24) is 14.7 Å². The third-order valence-electron chi connectivity index (χ3n) is 3.80. The van der Waals surface area contributed by atoms with Gasteiger partial charge in [0.05, 0.1) is 19.5 Å². The van der Waals surface area contributed by atoms with Crippen molar-refractivity contribution < 1.29 is 24.6 Å². The van der Waals surface area contributed by atoms with Crippen LogP contribution in [0, 0.1) is 5.41 Å². The Hall–Kier alpha value is -1.51. The minimum Gasteiger partial charge on any atom is -0.481 e. The molecule has 0 heterocycles. The van der Waals surface area contributed by atoms with E-state index in [1.807, 2.05) is 44.7 Å². The fraction of sp³-hybridized carbons (Fsp3) is 0.824. The quantitative estimate of drug-likeness (QED) is 0.485. The summed E-state index contributed by atoms with van der Waals surface area (Å²) in [6.45, 7) is 8.30. The molecule has 0 atom stereocenters. The minimum atomic E-state index is -0.990. The molecule has 0 aromatic carbocycles. The molecule has 8 nitrogen and oxygen atoms in total. The Balaban J connectivity index is 4.78. The first-order valence-electron chi connectivity index (χ1n) is 8.48. The third kappa shape index (κ3) is 12.5. The molecule has 0 saturated heterocycles. The Kier molecular flexibility index (Phi) is 10.5. The molecule has 0 spiro atoms. The predicted molar refractivity (Wildman–Crippen MR) is 95.8 cm³/mol. The maximum Gasteiger partial charge on any atom is 0.317 e. The van der Waals surface area contributed by atoms with E-state index >= 15 is 0 Å². The van der Waals surface area contributed by atoms with Gasteiger partial charge in [0.1, 0.15) is 0 Å². The number of carboxylic acids is 2. The van der Waals surface area contributed by atoms with Crippen molar-refractivity contribution in [2.75, 3.05) is 59.9 Å². The van der Waals surface area contributed by atoms with E-state index in [9.17, 15) is 14.4 Å². The Morgan fingerprint density at radius 2 is 1.24 bits per heavy atom. The van der Waals surface area contributed by atoms with Crippen LogP contribution in [-0.2, 0) is 14.4 Å². The summed E-state index contributed by atoms with van der Waals surface area (Å²) in [5.41, 5.74) is -0.430. The van der Waals surface area contributed by atoms with Gasteiger partial charge in [-0.1, -0.05) is 20.8 Å². The molecule has 0 fully saturated rings. The average molecular weight is 359 g/mol. The molecule has 0 aromatic rings. The van der Waals surface area contributed by atoms with E-state index in [4.69, 9.17) is 10.2 Å². The topological polar surface area (TPSA) is 101 Å². The Morgan fingerprint density at radius 3 is 1.64 bits per heavy atom. The zero-order chi connectivity index (χ0) is 19.6. The van der Waals surface area contributed by atoms with Crippen molar-refractivity contribution in [3.05, 3.63) is 0 Å². The number of likely N-dealkylation sites (N-methyl/N-ethyl adjacent to an activating group) is 1. The van der Waals surface area contributed by atoms with Gasteiger partial charge in [0.2, 0.25) is 0 Å². The number of aliphatic carboxylic acids is 2. The van der Waals surface area contributed by atoms with Crippen molar-refractivity contribution in [3.8, 4) is 0 Å². The summed E-state index contributed by atoms with van der Waals surface area (Å²) >= 11 is 0. The smallest absolute Gasteiger partial charge is 0.317 e. The maximum atomic E-state index is 12.3. The van der Waals surface area contributed by atoms with Crippen LogP contribution in [0.25, 0.3) is 0 Å².